The van der Waals surface area contributed by atoms with Crippen LogP contribution in [0, 0.1) is 11.6 Å². The van der Waals surface area contributed by atoms with Gasteiger partial charge in [0.05, 0.1) is 4.47 Å². The van der Waals surface area contributed by atoms with Gasteiger partial charge < -0.3 is 4.74 Å². The molecule has 0 amide bonds. The number of halogens is 3. The molecule has 0 spiro atoms. The van der Waals surface area contributed by atoms with Gasteiger partial charge in [-0.1, -0.05) is 6.07 Å². The van der Waals surface area contributed by atoms with Crippen LogP contribution in [0.2, 0.25) is 0 Å². The Morgan fingerprint density at radius 1 is 1.12 bits per heavy atom. The van der Waals surface area contributed by atoms with Gasteiger partial charge in [-0.3, -0.25) is 0 Å². The minimum absolute atomic E-state index is 0.0822. The predicted molar refractivity (Wildman–Crippen MR) is 60.4 cm³/mol. The molecule has 1 aromatic carbocycles. The van der Waals surface area contributed by atoms with Crippen molar-refractivity contribution < 1.29 is 13.5 Å². The second kappa shape index (κ2) is 5.18. The van der Waals surface area contributed by atoms with Gasteiger partial charge in [-0.05, 0) is 33.6 Å². The SMILES string of the molecule is Fc1ccc(COc2ncc(Br)cn2)cc1F. The number of benzene rings is 1. The van der Waals surface area contributed by atoms with Crippen LogP contribution in [0.4, 0.5) is 8.78 Å². The summed E-state index contributed by atoms with van der Waals surface area (Å²) in [5.41, 5.74) is 0.510. The molecule has 88 valence electrons. The summed E-state index contributed by atoms with van der Waals surface area (Å²) in [4.78, 5) is 7.77. The van der Waals surface area contributed by atoms with Crippen molar-refractivity contribution in [1.29, 1.82) is 0 Å². The highest BCUT2D eigenvalue weighted by Gasteiger charge is 2.04. The minimum Gasteiger partial charge on any atom is -0.459 e. The summed E-state index contributed by atoms with van der Waals surface area (Å²) in [5.74, 6) is -1.78. The van der Waals surface area contributed by atoms with Gasteiger partial charge in [0.15, 0.2) is 11.6 Å². The molecule has 1 heterocycles. The van der Waals surface area contributed by atoms with Crippen molar-refractivity contribution in [3.8, 4) is 6.01 Å². The minimum atomic E-state index is -0.900. The third kappa shape index (κ3) is 3.20. The largest absolute Gasteiger partial charge is 0.459 e. The first-order chi connectivity index (χ1) is 8.15. The molecule has 3 nitrogen and oxygen atoms in total. The lowest BCUT2D eigenvalue weighted by Crippen LogP contribution is -2.00. The Hall–Kier alpha value is -1.56. The molecule has 17 heavy (non-hydrogen) atoms. The average Bonchev–Trinajstić information content (AvgIpc) is 2.33. The van der Waals surface area contributed by atoms with E-state index >= 15 is 0 Å². The fraction of sp³-hybridized carbons (Fsp3) is 0.0909. The summed E-state index contributed by atoms with van der Waals surface area (Å²) in [6, 6.07) is 3.75. The molecule has 0 aliphatic rings. The van der Waals surface area contributed by atoms with E-state index in [0.717, 1.165) is 16.6 Å². The number of aromatic nitrogens is 2. The van der Waals surface area contributed by atoms with Crippen LogP contribution in [0.15, 0.2) is 35.1 Å². The Kier molecular flexibility index (Phi) is 3.63. The summed E-state index contributed by atoms with van der Waals surface area (Å²) >= 11 is 3.19. The summed E-state index contributed by atoms with van der Waals surface area (Å²) in [6.45, 7) is 0.0822. The molecular formula is C11H7BrF2N2O. The maximum atomic E-state index is 12.9. The second-order valence-electron chi connectivity index (χ2n) is 3.22. The van der Waals surface area contributed by atoms with Gasteiger partial charge in [-0.25, -0.2) is 18.7 Å². The van der Waals surface area contributed by atoms with Crippen molar-refractivity contribution in [3.05, 3.63) is 52.3 Å². The monoisotopic (exact) mass is 300 g/mol. The normalized spacial score (nSPS) is 10.3. The maximum Gasteiger partial charge on any atom is 0.316 e. The molecule has 0 N–H and O–H groups in total. The van der Waals surface area contributed by atoms with Gasteiger partial charge in [0.2, 0.25) is 0 Å². The predicted octanol–water partition coefficient (Wildman–Crippen LogP) is 3.10. The van der Waals surface area contributed by atoms with Gasteiger partial charge in [-0.2, -0.15) is 0 Å². The molecule has 0 aliphatic heterocycles. The summed E-state index contributed by atoms with van der Waals surface area (Å²) in [7, 11) is 0. The zero-order valence-corrected chi connectivity index (χ0v) is 10.1. The first-order valence-corrected chi connectivity index (χ1v) is 5.49. The van der Waals surface area contributed by atoms with Gasteiger partial charge in [0.1, 0.15) is 6.61 Å². The maximum absolute atomic E-state index is 12.9. The molecular weight excluding hydrogens is 294 g/mol. The zero-order valence-electron chi connectivity index (χ0n) is 8.53. The molecule has 2 aromatic rings. The topological polar surface area (TPSA) is 35.0 Å². The molecule has 2 rings (SSSR count). The fourth-order valence-corrected chi connectivity index (χ4v) is 1.36. The van der Waals surface area contributed by atoms with Crippen molar-refractivity contribution in [1.82, 2.24) is 9.97 Å². The molecule has 0 saturated heterocycles. The van der Waals surface area contributed by atoms with Crippen LogP contribution < -0.4 is 4.74 Å². The molecule has 0 unspecified atom stereocenters. The van der Waals surface area contributed by atoms with E-state index in [0.29, 0.717) is 5.56 Å². The van der Waals surface area contributed by atoms with Gasteiger partial charge in [0.25, 0.3) is 0 Å². The van der Waals surface area contributed by atoms with Crippen LogP contribution in [0.25, 0.3) is 0 Å². The van der Waals surface area contributed by atoms with E-state index in [1.165, 1.54) is 18.5 Å². The summed E-state index contributed by atoms with van der Waals surface area (Å²) in [6.07, 6.45) is 3.07. The van der Waals surface area contributed by atoms with Crippen LogP contribution in [0.1, 0.15) is 5.56 Å². The third-order valence-corrected chi connectivity index (χ3v) is 2.36. The van der Waals surface area contributed by atoms with Gasteiger partial charge in [-0.15, -0.1) is 0 Å². The van der Waals surface area contributed by atoms with Crippen LogP contribution in [0.5, 0.6) is 6.01 Å². The summed E-state index contributed by atoms with van der Waals surface area (Å²) < 4.78 is 31.5. The molecule has 0 aliphatic carbocycles. The molecule has 0 bridgehead atoms. The van der Waals surface area contributed by atoms with Gasteiger partial charge >= 0.3 is 6.01 Å². The van der Waals surface area contributed by atoms with Crippen LogP contribution in [0.3, 0.4) is 0 Å². The smallest absolute Gasteiger partial charge is 0.316 e. The highest BCUT2D eigenvalue weighted by Crippen LogP contribution is 2.12. The first-order valence-electron chi connectivity index (χ1n) is 4.69. The number of hydrogen-bond donors (Lipinski definition) is 0. The van der Waals surface area contributed by atoms with E-state index in [9.17, 15) is 8.78 Å². The highest BCUT2D eigenvalue weighted by molar-refractivity contribution is 9.10. The lowest BCUT2D eigenvalue weighted by atomic mass is 10.2. The third-order valence-electron chi connectivity index (χ3n) is 1.95. The number of hydrogen-bond acceptors (Lipinski definition) is 3. The lowest BCUT2D eigenvalue weighted by molar-refractivity contribution is 0.279. The van der Waals surface area contributed by atoms with Crippen molar-refractivity contribution in [2.24, 2.45) is 0 Å². The number of rotatable bonds is 3. The van der Waals surface area contributed by atoms with E-state index in [1.807, 2.05) is 0 Å². The van der Waals surface area contributed by atoms with Crippen molar-refractivity contribution in [3.63, 3.8) is 0 Å². The second-order valence-corrected chi connectivity index (χ2v) is 4.14. The summed E-state index contributed by atoms with van der Waals surface area (Å²) in [5, 5.41) is 0. The van der Waals surface area contributed by atoms with Crippen molar-refractivity contribution in [2.45, 2.75) is 6.61 Å². The van der Waals surface area contributed by atoms with E-state index < -0.39 is 11.6 Å². The first kappa shape index (κ1) is 11.9. The fourth-order valence-electron chi connectivity index (χ4n) is 1.15. The number of nitrogens with zero attached hydrogens (tertiary/aromatic N) is 2. The Labute approximate surface area is 105 Å². The Bertz CT molecular complexity index is 519. The van der Waals surface area contributed by atoms with Crippen molar-refractivity contribution in [2.75, 3.05) is 0 Å². The van der Waals surface area contributed by atoms with Crippen LogP contribution in [-0.2, 0) is 6.61 Å². The van der Waals surface area contributed by atoms with Gasteiger partial charge in [0, 0.05) is 12.4 Å². The van der Waals surface area contributed by atoms with E-state index in [4.69, 9.17) is 4.74 Å². The quantitative estimate of drug-likeness (QED) is 0.874. The van der Waals surface area contributed by atoms with E-state index in [-0.39, 0.29) is 12.6 Å². The molecule has 0 saturated carbocycles. The Morgan fingerprint density at radius 3 is 2.47 bits per heavy atom. The van der Waals surface area contributed by atoms with E-state index in [1.54, 1.807) is 0 Å². The molecule has 6 heteroatoms. The Balaban J connectivity index is 2.02. The Morgan fingerprint density at radius 2 is 1.82 bits per heavy atom. The van der Waals surface area contributed by atoms with Crippen LogP contribution >= 0.6 is 15.9 Å². The van der Waals surface area contributed by atoms with E-state index in [2.05, 4.69) is 25.9 Å². The standard InChI is InChI=1S/C11H7BrF2N2O/c12-8-4-15-11(16-5-8)17-6-7-1-2-9(13)10(14)3-7/h1-5H,6H2. The molecule has 0 fully saturated rings. The average molecular weight is 301 g/mol. The van der Waals surface area contributed by atoms with Crippen molar-refractivity contribution >= 4 is 15.9 Å². The molecule has 0 atom stereocenters. The van der Waals surface area contributed by atoms with Crippen LogP contribution in [-0.4, -0.2) is 9.97 Å². The lowest BCUT2D eigenvalue weighted by Gasteiger charge is -2.04. The molecule has 0 radical (unpaired) electrons. The number of ether oxygens (including phenoxy) is 1. The highest BCUT2D eigenvalue weighted by atomic mass is 79.9. The molecule has 1 aromatic heterocycles. The zero-order chi connectivity index (χ0) is 12.3.